The zero-order valence-electron chi connectivity index (χ0n) is 19.7. The summed E-state index contributed by atoms with van der Waals surface area (Å²) in [7, 11) is 0. The lowest BCUT2D eigenvalue weighted by molar-refractivity contribution is -0.118. The fourth-order valence-electron chi connectivity index (χ4n) is 4.47. The number of carbonyl (C=O) groups excluding carboxylic acids is 2. The molecule has 1 aromatic heterocycles. The van der Waals surface area contributed by atoms with Crippen LogP contribution in [0.1, 0.15) is 61.3 Å². The normalized spacial score (nSPS) is 16.1. The molecule has 0 aliphatic heterocycles. The first-order valence-electron chi connectivity index (χ1n) is 12.4. The maximum Gasteiger partial charge on any atom is 0.256 e. The summed E-state index contributed by atoms with van der Waals surface area (Å²) in [6, 6.07) is 15.3. The van der Waals surface area contributed by atoms with Crippen LogP contribution in [-0.4, -0.2) is 44.3 Å². The van der Waals surface area contributed by atoms with Crippen LogP contribution in [0.4, 0.5) is 5.69 Å². The van der Waals surface area contributed by atoms with Gasteiger partial charge in [0.1, 0.15) is 0 Å². The second-order valence-corrected chi connectivity index (χ2v) is 10.3. The maximum atomic E-state index is 13.0. The van der Waals surface area contributed by atoms with Crippen molar-refractivity contribution in [1.29, 1.82) is 0 Å². The van der Waals surface area contributed by atoms with Crippen molar-refractivity contribution in [3.63, 3.8) is 0 Å². The zero-order chi connectivity index (χ0) is 24.0. The summed E-state index contributed by atoms with van der Waals surface area (Å²) in [6.07, 6.45) is 8.45. The third kappa shape index (κ3) is 6.08. The van der Waals surface area contributed by atoms with Crippen LogP contribution in [0.5, 0.6) is 0 Å². The van der Waals surface area contributed by atoms with Crippen LogP contribution < -0.4 is 10.6 Å². The summed E-state index contributed by atoms with van der Waals surface area (Å²) < 4.78 is 1.87. The molecule has 8 nitrogen and oxygen atoms in total. The second kappa shape index (κ2) is 11.0. The van der Waals surface area contributed by atoms with Gasteiger partial charge in [-0.25, -0.2) is 4.68 Å². The first kappa shape index (κ1) is 23.5. The molecule has 182 valence electrons. The number of amides is 2. The molecule has 3 aromatic rings. The number of anilines is 1. The number of nitrogens with one attached hydrogen (secondary N) is 2. The van der Waals surface area contributed by atoms with Crippen molar-refractivity contribution >= 4 is 29.3 Å². The van der Waals surface area contributed by atoms with Crippen molar-refractivity contribution in [1.82, 2.24) is 25.5 Å². The molecule has 9 heteroatoms. The lowest BCUT2D eigenvalue weighted by Gasteiger charge is -2.21. The average molecular weight is 491 g/mol. The summed E-state index contributed by atoms with van der Waals surface area (Å²) in [6.45, 7) is 0.755. The number of aromatic nitrogens is 4. The number of nitrogens with zero attached hydrogens (tertiary/aromatic N) is 4. The second-order valence-electron chi connectivity index (χ2n) is 9.30. The quantitative estimate of drug-likeness (QED) is 0.421. The fourth-order valence-corrected chi connectivity index (χ4v) is 5.35. The van der Waals surface area contributed by atoms with Crippen molar-refractivity contribution in [2.24, 2.45) is 5.92 Å². The van der Waals surface area contributed by atoms with E-state index in [-0.39, 0.29) is 11.8 Å². The molecular formula is C26H30N6O2S. The van der Waals surface area contributed by atoms with Crippen LogP contribution in [0.3, 0.4) is 0 Å². The van der Waals surface area contributed by atoms with Gasteiger partial charge in [-0.15, -0.1) is 16.9 Å². The Morgan fingerprint density at radius 1 is 0.971 bits per heavy atom. The number of benzene rings is 2. The molecule has 35 heavy (non-hydrogen) atoms. The van der Waals surface area contributed by atoms with E-state index in [4.69, 9.17) is 0 Å². The van der Waals surface area contributed by atoms with Crippen molar-refractivity contribution in [2.45, 2.75) is 55.9 Å². The van der Waals surface area contributed by atoms with Gasteiger partial charge in [-0.1, -0.05) is 31.4 Å². The summed E-state index contributed by atoms with van der Waals surface area (Å²) in [5.41, 5.74) is 2.16. The zero-order valence-corrected chi connectivity index (χ0v) is 20.5. The Hall–Kier alpha value is -3.20. The van der Waals surface area contributed by atoms with Gasteiger partial charge in [-0.2, -0.15) is 0 Å². The molecular weight excluding hydrogens is 460 g/mol. The van der Waals surface area contributed by atoms with Gasteiger partial charge in [0.05, 0.1) is 17.4 Å². The lowest BCUT2D eigenvalue weighted by atomic mass is 9.89. The number of carbonyl (C=O) groups is 2. The Bertz CT molecular complexity index is 1170. The van der Waals surface area contributed by atoms with E-state index in [1.807, 2.05) is 47.1 Å². The van der Waals surface area contributed by atoms with Crippen molar-refractivity contribution in [2.75, 3.05) is 17.6 Å². The molecule has 2 saturated carbocycles. The van der Waals surface area contributed by atoms with E-state index in [1.54, 1.807) is 6.07 Å². The SMILES string of the molecule is O=C(CSc1ccccc1C(=O)Nc1ccc(-c2nnnn2C2CC2)cc1)NCC1CCCCC1. The van der Waals surface area contributed by atoms with Crippen LogP contribution in [0, 0.1) is 5.92 Å². The van der Waals surface area contributed by atoms with Crippen LogP contribution in [-0.2, 0) is 4.79 Å². The monoisotopic (exact) mass is 490 g/mol. The van der Waals surface area contributed by atoms with Gasteiger partial charge in [-0.05, 0) is 78.4 Å². The van der Waals surface area contributed by atoms with Gasteiger partial charge in [0, 0.05) is 22.7 Å². The third-order valence-corrected chi connectivity index (χ3v) is 7.66. The van der Waals surface area contributed by atoms with Gasteiger partial charge in [-0.3, -0.25) is 9.59 Å². The highest BCUT2D eigenvalue weighted by molar-refractivity contribution is 8.00. The highest BCUT2D eigenvalue weighted by Crippen LogP contribution is 2.36. The van der Waals surface area contributed by atoms with Gasteiger partial charge in [0.2, 0.25) is 5.91 Å². The number of thioether (sulfide) groups is 1. The van der Waals surface area contributed by atoms with Gasteiger partial charge >= 0.3 is 0 Å². The molecule has 0 bridgehead atoms. The summed E-state index contributed by atoms with van der Waals surface area (Å²) >= 11 is 1.39. The van der Waals surface area contributed by atoms with Crippen LogP contribution in [0.2, 0.25) is 0 Å². The molecule has 2 amide bonds. The third-order valence-electron chi connectivity index (χ3n) is 6.59. The van der Waals surface area contributed by atoms with E-state index in [9.17, 15) is 9.59 Å². The van der Waals surface area contributed by atoms with Crippen LogP contribution >= 0.6 is 11.8 Å². The Morgan fingerprint density at radius 2 is 1.74 bits per heavy atom. The smallest absolute Gasteiger partial charge is 0.256 e. The molecule has 2 aliphatic carbocycles. The minimum Gasteiger partial charge on any atom is -0.355 e. The number of tetrazole rings is 1. The molecule has 5 rings (SSSR count). The van der Waals surface area contributed by atoms with E-state index in [0.717, 1.165) is 35.7 Å². The fraction of sp³-hybridized carbons (Fsp3) is 0.423. The van der Waals surface area contributed by atoms with E-state index >= 15 is 0 Å². The molecule has 0 atom stereocenters. The standard InChI is InChI=1S/C26H30N6O2S/c33-24(27-16-18-6-2-1-3-7-18)17-35-23-9-5-4-8-22(23)26(34)28-20-12-10-19(11-13-20)25-29-30-31-32(25)21-14-15-21/h4-5,8-13,18,21H,1-3,6-7,14-17H2,(H,27,33)(H,28,34). The largest absolute Gasteiger partial charge is 0.355 e. The minimum absolute atomic E-state index is 0.0138. The van der Waals surface area contributed by atoms with Gasteiger partial charge in [0.25, 0.3) is 5.91 Å². The Morgan fingerprint density at radius 3 is 2.51 bits per heavy atom. The number of hydrogen-bond donors (Lipinski definition) is 2. The molecule has 0 radical (unpaired) electrons. The van der Waals surface area contributed by atoms with Crippen molar-refractivity contribution in [3.05, 3.63) is 54.1 Å². The van der Waals surface area contributed by atoms with Gasteiger partial charge < -0.3 is 10.6 Å². The summed E-state index contributed by atoms with van der Waals surface area (Å²) in [4.78, 5) is 26.2. The molecule has 2 aliphatic rings. The molecule has 2 N–H and O–H groups in total. The van der Waals surface area contributed by atoms with E-state index in [1.165, 1.54) is 43.9 Å². The first-order chi connectivity index (χ1) is 17.2. The topological polar surface area (TPSA) is 102 Å². The minimum atomic E-state index is -0.203. The van der Waals surface area contributed by atoms with Gasteiger partial charge in [0.15, 0.2) is 5.82 Å². The summed E-state index contributed by atoms with van der Waals surface area (Å²) in [5.74, 6) is 1.45. The molecule has 2 fully saturated rings. The Kier molecular flexibility index (Phi) is 7.42. The highest BCUT2D eigenvalue weighted by Gasteiger charge is 2.28. The molecule has 0 unspecified atom stereocenters. The van der Waals surface area contributed by atoms with Crippen molar-refractivity contribution in [3.8, 4) is 11.4 Å². The predicted octanol–water partition coefficient (Wildman–Crippen LogP) is 4.72. The Labute approximate surface area is 209 Å². The lowest BCUT2D eigenvalue weighted by Crippen LogP contribution is -2.31. The molecule has 0 saturated heterocycles. The first-order valence-corrected chi connectivity index (χ1v) is 13.3. The van der Waals surface area contributed by atoms with E-state index in [0.29, 0.717) is 29.0 Å². The molecule has 0 spiro atoms. The number of hydrogen-bond acceptors (Lipinski definition) is 6. The predicted molar refractivity (Wildman–Crippen MR) is 136 cm³/mol. The maximum absolute atomic E-state index is 13.0. The molecule has 1 heterocycles. The van der Waals surface area contributed by atoms with Crippen molar-refractivity contribution < 1.29 is 9.59 Å². The van der Waals surface area contributed by atoms with Crippen LogP contribution in [0.15, 0.2) is 53.4 Å². The molecule has 2 aromatic carbocycles. The Balaban J connectivity index is 1.17. The van der Waals surface area contributed by atoms with E-state index in [2.05, 4.69) is 26.2 Å². The van der Waals surface area contributed by atoms with Crippen LogP contribution in [0.25, 0.3) is 11.4 Å². The summed E-state index contributed by atoms with van der Waals surface area (Å²) in [5, 5.41) is 18.1. The van der Waals surface area contributed by atoms with E-state index < -0.39 is 0 Å². The highest BCUT2D eigenvalue weighted by atomic mass is 32.2. The number of rotatable bonds is 9. The average Bonchev–Trinajstić information content (AvgIpc) is 3.63.